The maximum atomic E-state index is 12.8. The molecule has 2 rings (SSSR count). The number of nitrogens with one attached hydrogen (secondary N) is 1. The average Bonchev–Trinajstić information content (AvgIpc) is 2.21. The second-order valence-corrected chi connectivity index (χ2v) is 4.10. The molecule has 1 aliphatic rings. The number of carbonyl (C=O) groups excluding carboxylic acids is 2. The monoisotopic (exact) mass is 297 g/mol. The molecule has 0 bridgehead atoms. The summed E-state index contributed by atoms with van der Waals surface area (Å²) in [6.45, 7) is 0. The maximum Gasteiger partial charge on any atom is 0.420 e. The number of alkyl halides is 3. The largest absolute Gasteiger partial charge is 0.420 e. The second-order valence-electron chi connectivity index (χ2n) is 3.31. The van der Waals surface area contributed by atoms with Gasteiger partial charge in [-0.2, -0.15) is 13.2 Å². The third kappa shape index (κ3) is 1.99. The first kappa shape index (κ1) is 13.0. The Kier molecular flexibility index (Phi) is 2.90. The van der Waals surface area contributed by atoms with Crippen molar-refractivity contribution >= 4 is 46.4 Å². The van der Waals surface area contributed by atoms with Crippen molar-refractivity contribution in [3.8, 4) is 0 Å². The van der Waals surface area contributed by atoms with Crippen molar-refractivity contribution in [2.24, 2.45) is 0 Å². The smallest absolute Gasteiger partial charge is 0.316 e. The Balaban J connectivity index is 2.74. The maximum absolute atomic E-state index is 12.8. The van der Waals surface area contributed by atoms with Crippen LogP contribution in [0.5, 0.6) is 0 Å². The van der Waals surface area contributed by atoms with Crippen molar-refractivity contribution in [3.05, 3.63) is 21.7 Å². The van der Waals surface area contributed by atoms with Crippen molar-refractivity contribution in [1.82, 2.24) is 5.32 Å². The van der Waals surface area contributed by atoms with Gasteiger partial charge in [0.05, 0.1) is 15.7 Å². The molecule has 1 aromatic carbocycles. The van der Waals surface area contributed by atoms with E-state index >= 15 is 0 Å². The topological polar surface area (TPSA) is 60.3 Å². The van der Waals surface area contributed by atoms with Crippen molar-refractivity contribution in [3.63, 3.8) is 0 Å². The van der Waals surface area contributed by atoms with E-state index in [2.05, 4.69) is 5.32 Å². The lowest BCUT2D eigenvalue weighted by molar-refractivity contribution is -0.139. The Bertz CT molecular complexity index is 572. The van der Waals surface area contributed by atoms with Crippen LogP contribution in [0.15, 0.2) is 6.07 Å². The van der Waals surface area contributed by atoms with Crippen LogP contribution in [-0.4, -0.2) is 11.8 Å². The predicted molar refractivity (Wildman–Crippen MR) is 56.9 cm³/mol. The Morgan fingerprint density at radius 3 is 2.39 bits per heavy atom. The summed E-state index contributed by atoms with van der Waals surface area (Å²) in [6, 6.07) is 1.00. The first-order chi connectivity index (χ1) is 8.21. The van der Waals surface area contributed by atoms with Crippen LogP contribution in [0.3, 0.4) is 0 Å². The first-order valence-corrected chi connectivity index (χ1v) is 5.13. The van der Waals surface area contributed by atoms with E-state index in [1.54, 1.807) is 0 Å². The van der Waals surface area contributed by atoms with E-state index in [1.165, 1.54) is 0 Å². The van der Waals surface area contributed by atoms with Gasteiger partial charge in [-0.15, -0.1) is 0 Å². The molecule has 0 spiro atoms. The van der Waals surface area contributed by atoms with Gasteiger partial charge in [-0.3, -0.25) is 9.59 Å². The lowest BCUT2D eigenvalue weighted by Gasteiger charge is -2.21. The lowest BCUT2D eigenvalue weighted by Crippen LogP contribution is -2.34. The van der Waals surface area contributed by atoms with Crippen molar-refractivity contribution < 1.29 is 22.8 Å². The lowest BCUT2D eigenvalue weighted by atomic mass is 10.1. The molecule has 1 aromatic rings. The molecule has 2 amide bonds. The van der Waals surface area contributed by atoms with Crippen LogP contribution in [0, 0.1) is 0 Å². The third-order valence-electron chi connectivity index (χ3n) is 2.13. The number of carbonyl (C=O) groups is 2. The summed E-state index contributed by atoms with van der Waals surface area (Å²) in [5, 5.41) is 3.88. The van der Waals surface area contributed by atoms with Gasteiger partial charge in [0.15, 0.2) is 0 Å². The van der Waals surface area contributed by atoms with Gasteiger partial charge < -0.3 is 5.32 Å². The van der Waals surface area contributed by atoms with E-state index in [1.807, 2.05) is 5.32 Å². The minimum absolute atomic E-state index is 0.304. The van der Waals surface area contributed by atoms with E-state index < -0.39 is 39.3 Å². The Hall–Kier alpha value is -1.47. The van der Waals surface area contributed by atoms with Gasteiger partial charge in [-0.05, 0) is 6.07 Å². The molecule has 1 aliphatic heterocycles. The van der Waals surface area contributed by atoms with E-state index in [9.17, 15) is 22.8 Å². The molecule has 0 fully saturated rings. The van der Waals surface area contributed by atoms with Crippen LogP contribution >= 0.6 is 23.2 Å². The number of benzene rings is 1. The molecule has 0 saturated carbocycles. The molecule has 18 heavy (non-hydrogen) atoms. The summed E-state index contributed by atoms with van der Waals surface area (Å²) in [7, 11) is 0. The molecule has 0 aliphatic carbocycles. The number of fused-ring (bicyclic) bond motifs is 1. The standard InChI is InChI=1S/C9H2Cl2F3N2O2/c10-2-1-3-6(16-8(18)7(17)15-3)4(5(2)11)9(12,13)14/h1H,(H,15,17). The first-order valence-electron chi connectivity index (χ1n) is 4.38. The molecule has 0 atom stereocenters. The van der Waals surface area contributed by atoms with E-state index in [0.717, 1.165) is 6.07 Å². The summed E-state index contributed by atoms with van der Waals surface area (Å²) in [4.78, 5) is 22.0. The number of rotatable bonds is 0. The fraction of sp³-hybridized carbons (Fsp3) is 0.111. The predicted octanol–water partition coefficient (Wildman–Crippen LogP) is 2.73. The Morgan fingerprint density at radius 2 is 1.83 bits per heavy atom. The van der Waals surface area contributed by atoms with Crippen LogP contribution < -0.4 is 10.6 Å². The normalized spacial score (nSPS) is 14.9. The van der Waals surface area contributed by atoms with E-state index in [4.69, 9.17) is 23.2 Å². The quantitative estimate of drug-likeness (QED) is 0.749. The van der Waals surface area contributed by atoms with Gasteiger partial charge in [-0.25, -0.2) is 5.32 Å². The number of anilines is 1. The molecular weight excluding hydrogens is 296 g/mol. The van der Waals surface area contributed by atoms with Crippen molar-refractivity contribution in [1.29, 1.82) is 0 Å². The fourth-order valence-electron chi connectivity index (χ4n) is 1.41. The van der Waals surface area contributed by atoms with Gasteiger partial charge >= 0.3 is 18.0 Å². The van der Waals surface area contributed by atoms with Crippen LogP contribution in [0.25, 0.3) is 0 Å². The molecule has 0 aromatic heterocycles. The molecular formula is C9H2Cl2F3N2O2. The zero-order valence-corrected chi connectivity index (χ0v) is 9.74. The summed E-state index contributed by atoms with van der Waals surface area (Å²) in [6.07, 6.45) is -4.85. The average molecular weight is 298 g/mol. The molecule has 4 nitrogen and oxygen atoms in total. The van der Waals surface area contributed by atoms with Crippen LogP contribution in [-0.2, 0) is 15.8 Å². The van der Waals surface area contributed by atoms with Crippen molar-refractivity contribution in [2.75, 3.05) is 5.32 Å². The van der Waals surface area contributed by atoms with Gasteiger partial charge in [0.1, 0.15) is 11.3 Å². The molecule has 1 heterocycles. The number of amides is 2. The van der Waals surface area contributed by atoms with Gasteiger partial charge in [-0.1, -0.05) is 23.2 Å². The highest BCUT2D eigenvalue weighted by atomic mass is 35.5. The Labute approximate surface area is 108 Å². The second kappa shape index (κ2) is 4.03. The fourth-order valence-corrected chi connectivity index (χ4v) is 1.87. The minimum atomic E-state index is -4.85. The van der Waals surface area contributed by atoms with Gasteiger partial charge in [0.25, 0.3) is 0 Å². The number of hydrogen-bond donors (Lipinski definition) is 1. The van der Waals surface area contributed by atoms with Crippen molar-refractivity contribution in [2.45, 2.75) is 6.18 Å². The molecule has 1 radical (unpaired) electrons. The molecule has 95 valence electrons. The number of hydrogen-bond acceptors (Lipinski definition) is 2. The molecule has 1 N–H and O–H groups in total. The van der Waals surface area contributed by atoms with Gasteiger partial charge in [0, 0.05) is 0 Å². The third-order valence-corrected chi connectivity index (χ3v) is 2.92. The summed E-state index contributed by atoms with van der Waals surface area (Å²) < 4.78 is 38.4. The highest BCUT2D eigenvalue weighted by Crippen LogP contribution is 2.47. The summed E-state index contributed by atoms with van der Waals surface area (Å²) in [5.74, 6) is -2.46. The summed E-state index contributed by atoms with van der Waals surface area (Å²) in [5.41, 5.74) is -2.39. The SMILES string of the molecule is O=C1[N]c2c(cc(Cl)c(Cl)c2C(F)(F)F)NC1=O. The molecule has 0 unspecified atom stereocenters. The number of halogens is 5. The number of nitrogens with zero attached hydrogens (tertiary/aromatic N) is 1. The minimum Gasteiger partial charge on any atom is -0.316 e. The molecule has 9 heteroatoms. The van der Waals surface area contributed by atoms with Crippen LogP contribution in [0.4, 0.5) is 24.5 Å². The molecule has 0 saturated heterocycles. The van der Waals surface area contributed by atoms with Crippen LogP contribution in [0.1, 0.15) is 5.56 Å². The van der Waals surface area contributed by atoms with Crippen LogP contribution in [0.2, 0.25) is 10.0 Å². The highest BCUT2D eigenvalue weighted by Gasteiger charge is 2.41. The Morgan fingerprint density at radius 1 is 1.22 bits per heavy atom. The highest BCUT2D eigenvalue weighted by molar-refractivity contribution is 6.45. The zero-order chi connectivity index (χ0) is 13.7. The zero-order valence-electron chi connectivity index (χ0n) is 8.23. The summed E-state index contributed by atoms with van der Waals surface area (Å²) >= 11 is 11.0. The van der Waals surface area contributed by atoms with E-state index in [0.29, 0.717) is 0 Å². The van der Waals surface area contributed by atoms with E-state index in [-0.39, 0.29) is 5.69 Å². The van der Waals surface area contributed by atoms with Gasteiger partial charge in [0.2, 0.25) is 0 Å².